The molecule has 0 aliphatic carbocycles. The van der Waals surface area contributed by atoms with Gasteiger partial charge in [-0.15, -0.1) is 10.2 Å². The normalized spacial score (nSPS) is 14.8. The maximum atomic E-state index is 12.6. The molecule has 26 heavy (non-hydrogen) atoms. The maximum absolute atomic E-state index is 12.6. The van der Waals surface area contributed by atoms with Crippen molar-refractivity contribution < 1.29 is 22.6 Å². The molecule has 1 aliphatic rings. The minimum atomic E-state index is -3.83. The lowest BCUT2D eigenvalue weighted by atomic mass is 10.3. The van der Waals surface area contributed by atoms with Gasteiger partial charge >= 0.3 is 0 Å². The van der Waals surface area contributed by atoms with E-state index in [2.05, 4.69) is 14.9 Å². The number of anilines is 2. The van der Waals surface area contributed by atoms with E-state index in [1.54, 1.807) is 12.1 Å². The van der Waals surface area contributed by atoms with Crippen LogP contribution in [0.3, 0.4) is 0 Å². The van der Waals surface area contributed by atoms with Gasteiger partial charge in [-0.05, 0) is 24.3 Å². The van der Waals surface area contributed by atoms with Crippen molar-refractivity contribution in [2.75, 3.05) is 50.1 Å². The van der Waals surface area contributed by atoms with Crippen LogP contribution in [-0.4, -0.2) is 59.1 Å². The van der Waals surface area contributed by atoms with Crippen LogP contribution >= 0.6 is 0 Å². The number of sulfonamides is 1. The quantitative estimate of drug-likeness (QED) is 0.796. The van der Waals surface area contributed by atoms with Crippen molar-refractivity contribution in [2.45, 2.75) is 4.90 Å². The Bertz CT molecular complexity index is 851. The Morgan fingerprint density at radius 1 is 1.04 bits per heavy atom. The number of methoxy groups -OCH3 is 2. The predicted molar refractivity (Wildman–Crippen MR) is 95.4 cm³/mol. The summed E-state index contributed by atoms with van der Waals surface area (Å²) in [5.41, 5.74) is 0. The van der Waals surface area contributed by atoms with Crippen LogP contribution in [0.4, 0.5) is 11.6 Å². The summed E-state index contributed by atoms with van der Waals surface area (Å²) in [5, 5.41) is 8.05. The van der Waals surface area contributed by atoms with E-state index in [0.717, 1.165) is 13.1 Å². The van der Waals surface area contributed by atoms with E-state index in [4.69, 9.17) is 14.2 Å². The molecule has 2 heterocycles. The molecule has 0 radical (unpaired) electrons. The van der Waals surface area contributed by atoms with E-state index in [1.807, 2.05) is 4.90 Å². The van der Waals surface area contributed by atoms with E-state index in [9.17, 15) is 8.42 Å². The molecule has 10 heteroatoms. The van der Waals surface area contributed by atoms with Crippen molar-refractivity contribution in [3.8, 4) is 11.5 Å². The Kier molecular flexibility index (Phi) is 5.43. The molecule has 1 saturated heterocycles. The molecule has 0 unspecified atom stereocenters. The monoisotopic (exact) mass is 380 g/mol. The molecule has 1 aliphatic heterocycles. The van der Waals surface area contributed by atoms with Crippen molar-refractivity contribution in [2.24, 2.45) is 0 Å². The number of aromatic nitrogens is 2. The Balaban J connectivity index is 1.76. The zero-order valence-electron chi connectivity index (χ0n) is 14.5. The van der Waals surface area contributed by atoms with Crippen LogP contribution in [0.15, 0.2) is 35.2 Å². The molecular formula is C16H20N4O5S. The summed E-state index contributed by atoms with van der Waals surface area (Å²) in [6, 6.07) is 7.65. The number of ether oxygens (including phenoxy) is 3. The van der Waals surface area contributed by atoms with E-state index < -0.39 is 10.0 Å². The average Bonchev–Trinajstić information content (AvgIpc) is 2.68. The lowest BCUT2D eigenvalue weighted by Gasteiger charge is -2.27. The summed E-state index contributed by atoms with van der Waals surface area (Å²) in [4.78, 5) is 2.07. The van der Waals surface area contributed by atoms with E-state index >= 15 is 0 Å². The highest BCUT2D eigenvalue weighted by molar-refractivity contribution is 7.92. The fourth-order valence-electron chi connectivity index (χ4n) is 2.52. The Hall–Kier alpha value is -2.59. The topological polar surface area (TPSA) is 103 Å². The molecular weight excluding hydrogens is 360 g/mol. The summed E-state index contributed by atoms with van der Waals surface area (Å²) in [7, 11) is -0.906. The maximum Gasteiger partial charge on any atom is 0.263 e. The average molecular weight is 380 g/mol. The van der Waals surface area contributed by atoms with Gasteiger partial charge in [0.2, 0.25) is 0 Å². The summed E-state index contributed by atoms with van der Waals surface area (Å²) in [6.07, 6.45) is 0. The summed E-state index contributed by atoms with van der Waals surface area (Å²) >= 11 is 0. The van der Waals surface area contributed by atoms with Gasteiger partial charge in [0, 0.05) is 19.2 Å². The largest absolute Gasteiger partial charge is 0.493 e. The number of nitrogens with zero attached hydrogens (tertiary/aromatic N) is 3. The van der Waals surface area contributed by atoms with Crippen molar-refractivity contribution in [1.82, 2.24) is 10.2 Å². The second kappa shape index (κ2) is 7.75. The van der Waals surface area contributed by atoms with Gasteiger partial charge in [0.1, 0.15) is 0 Å². The van der Waals surface area contributed by atoms with Crippen molar-refractivity contribution in [3.05, 3.63) is 30.3 Å². The van der Waals surface area contributed by atoms with Gasteiger partial charge in [-0.3, -0.25) is 4.72 Å². The highest BCUT2D eigenvalue weighted by Gasteiger charge is 2.19. The number of rotatable bonds is 6. The van der Waals surface area contributed by atoms with Crippen molar-refractivity contribution in [3.63, 3.8) is 0 Å². The molecule has 3 rings (SSSR count). The smallest absolute Gasteiger partial charge is 0.263 e. The van der Waals surface area contributed by atoms with Crippen molar-refractivity contribution in [1.29, 1.82) is 0 Å². The second-order valence-electron chi connectivity index (χ2n) is 5.50. The minimum Gasteiger partial charge on any atom is -0.493 e. The molecule has 1 fully saturated rings. The van der Waals surface area contributed by atoms with Crippen LogP contribution in [0.5, 0.6) is 11.5 Å². The molecule has 0 amide bonds. The zero-order valence-corrected chi connectivity index (χ0v) is 15.3. The lowest BCUT2D eigenvalue weighted by Crippen LogP contribution is -2.36. The fraction of sp³-hybridized carbons (Fsp3) is 0.375. The molecule has 0 spiro atoms. The van der Waals surface area contributed by atoms with Crippen LogP contribution in [0.1, 0.15) is 0 Å². The molecule has 1 aromatic heterocycles. The van der Waals surface area contributed by atoms with Gasteiger partial charge in [0.15, 0.2) is 23.1 Å². The van der Waals surface area contributed by atoms with Crippen LogP contribution in [0.25, 0.3) is 0 Å². The van der Waals surface area contributed by atoms with Gasteiger partial charge in [-0.25, -0.2) is 8.42 Å². The molecule has 0 atom stereocenters. The van der Waals surface area contributed by atoms with Gasteiger partial charge in [-0.2, -0.15) is 0 Å². The first-order valence-corrected chi connectivity index (χ1v) is 9.43. The molecule has 1 N–H and O–H groups in total. The second-order valence-corrected chi connectivity index (χ2v) is 7.18. The Morgan fingerprint density at radius 2 is 1.77 bits per heavy atom. The van der Waals surface area contributed by atoms with Crippen LogP contribution in [0, 0.1) is 0 Å². The van der Waals surface area contributed by atoms with Gasteiger partial charge in [0.25, 0.3) is 10.0 Å². The molecule has 140 valence electrons. The lowest BCUT2D eigenvalue weighted by molar-refractivity contribution is 0.122. The summed E-state index contributed by atoms with van der Waals surface area (Å²) in [6.45, 7) is 2.72. The van der Waals surface area contributed by atoms with Crippen molar-refractivity contribution >= 4 is 21.7 Å². The standard InChI is InChI=1S/C16H20N4O5S/c1-23-13-4-3-12(11-14(13)24-2)26(21,22)19-15-5-6-16(18-17-15)20-7-9-25-10-8-20/h3-6,11H,7-10H2,1-2H3,(H,17,19). The van der Waals surface area contributed by atoms with E-state index in [-0.39, 0.29) is 10.7 Å². The molecule has 2 aromatic rings. The van der Waals surface area contributed by atoms with E-state index in [1.165, 1.54) is 32.4 Å². The molecule has 1 aromatic carbocycles. The van der Waals surface area contributed by atoms with Gasteiger partial charge in [0.05, 0.1) is 32.3 Å². The number of hydrogen-bond acceptors (Lipinski definition) is 8. The third-order valence-electron chi connectivity index (χ3n) is 3.89. The third-order valence-corrected chi connectivity index (χ3v) is 5.24. The Labute approximate surface area is 151 Å². The first kappa shape index (κ1) is 18.2. The van der Waals surface area contributed by atoms with Gasteiger partial charge < -0.3 is 19.1 Å². The first-order valence-electron chi connectivity index (χ1n) is 7.95. The highest BCUT2D eigenvalue weighted by atomic mass is 32.2. The third kappa shape index (κ3) is 3.97. The predicted octanol–water partition coefficient (Wildman–Crippen LogP) is 1.13. The summed E-state index contributed by atoms with van der Waals surface area (Å²) in [5.74, 6) is 1.59. The van der Waals surface area contributed by atoms with Crippen LogP contribution < -0.4 is 19.1 Å². The van der Waals surface area contributed by atoms with Crippen LogP contribution in [-0.2, 0) is 14.8 Å². The van der Waals surface area contributed by atoms with Crippen LogP contribution in [0.2, 0.25) is 0 Å². The SMILES string of the molecule is COc1ccc(S(=O)(=O)Nc2ccc(N3CCOCC3)nn2)cc1OC. The summed E-state index contributed by atoms with van der Waals surface area (Å²) < 4.78 is 43.1. The van der Waals surface area contributed by atoms with E-state index in [0.29, 0.717) is 30.5 Å². The number of benzene rings is 1. The fourth-order valence-corrected chi connectivity index (χ4v) is 3.53. The number of morpholine rings is 1. The molecule has 0 bridgehead atoms. The molecule has 9 nitrogen and oxygen atoms in total. The molecule has 0 saturated carbocycles. The Morgan fingerprint density at radius 3 is 2.38 bits per heavy atom. The first-order chi connectivity index (χ1) is 12.5. The zero-order chi connectivity index (χ0) is 18.6. The number of hydrogen-bond donors (Lipinski definition) is 1. The van der Waals surface area contributed by atoms with Gasteiger partial charge in [-0.1, -0.05) is 0 Å². The number of nitrogens with one attached hydrogen (secondary N) is 1. The minimum absolute atomic E-state index is 0.0363. The highest BCUT2D eigenvalue weighted by Crippen LogP contribution is 2.30.